The maximum absolute atomic E-state index is 11.4. The van der Waals surface area contributed by atoms with Crippen LogP contribution in [0.3, 0.4) is 0 Å². The van der Waals surface area contributed by atoms with E-state index in [1.807, 2.05) is 4.90 Å². The zero-order valence-electron chi connectivity index (χ0n) is 10.6. The second-order valence-electron chi connectivity index (χ2n) is 3.59. The number of aromatic nitrogens is 1. The summed E-state index contributed by atoms with van der Waals surface area (Å²) in [5.41, 5.74) is 1.05. The Morgan fingerprint density at radius 1 is 1.44 bits per heavy atom. The molecule has 0 fully saturated rings. The lowest BCUT2D eigenvalue weighted by atomic mass is 10.3. The van der Waals surface area contributed by atoms with E-state index in [2.05, 4.69) is 9.72 Å². The quantitative estimate of drug-likeness (QED) is 0.706. The molecule has 0 bridgehead atoms. The van der Waals surface area contributed by atoms with Crippen LogP contribution in [0.5, 0.6) is 0 Å². The van der Waals surface area contributed by atoms with Crippen molar-refractivity contribution in [1.82, 2.24) is 4.98 Å². The zero-order chi connectivity index (χ0) is 13.4. The molecule has 1 aromatic heterocycles. The Bertz CT molecular complexity index is 384. The standard InChI is InChI=1S/C12H18N2O4/c1-17-8-6-14(5-7-15)10-3-4-13-11(9-10)12(16)18-2/h3-4,9,15H,5-8H2,1-2H3. The third-order valence-electron chi connectivity index (χ3n) is 2.44. The lowest BCUT2D eigenvalue weighted by molar-refractivity contribution is 0.0594. The number of carbonyl (C=O) groups is 1. The van der Waals surface area contributed by atoms with Crippen molar-refractivity contribution in [1.29, 1.82) is 0 Å². The number of methoxy groups -OCH3 is 2. The predicted molar refractivity (Wildman–Crippen MR) is 66.8 cm³/mol. The highest BCUT2D eigenvalue weighted by molar-refractivity contribution is 5.88. The Morgan fingerprint density at radius 3 is 2.83 bits per heavy atom. The summed E-state index contributed by atoms with van der Waals surface area (Å²) in [4.78, 5) is 17.2. The van der Waals surface area contributed by atoms with E-state index >= 15 is 0 Å². The van der Waals surface area contributed by atoms with Gasteiger partial charge in [-0.2, -0.15) is 0 Å². The number of ether oxygens (including phenoxy) is 2. The SMILES string of the molecule is COCCN(CCO)c1ccnc(C(=O)OC)c1. The Labute approximate surface area is 106 Å². The first-order valence-corrected chi connectivity index (χ1v) is 5.62. The summed E-state index contributed by atoms with van der Waals surface area (Å²) in [7, 11) is 2.93. The molecular weight excluding hydrogens is 236 g/mol. The van der Waals surface area contributed by atoms with Crippen LogP contribution in [0.1, 0.15) is 10.5 Å². The van der Waals surface area contributed by atoms with E-state index in [1.54, 1.807) is 25.4 Å². The summed E-state index contributed by atoms with van der Waals surface area (Å²) in [5, 5.41) is 9.03. The molecule has 0 amide bonds. The van der Waals surface area contributed by atoms with Crippen LogP contribution in [0.15, 0.2) is 18.3 Å². The minimum Gasteiger partial charge on any atom is -0.464 e. The molecule has 0 radical (unpaired) electrons. The van der Waals surface area contributed by atoms with Gasteiger partial charge >= 0.3 is 5.97 Å². The second kappa shape index (κ2) is 7.62. The largest absolute Gasteiger partial charge is 0.464 e. The number of aliphatic hydroxyl groups excluding tert-OH is 1. The normalized spacial score (nSPS) is 10.2. The molecule has 0 atom stereocenters. The molecule has 1 aromatic rings. The van der Waals surface area contributed by atoms with E-state index in [0.717, 1.165) is 5.69 Å². The van der Waals surface area contributed by atoms with E-state index in [0.29, 0.717) is 19.7 Å². The lowest BCUT2D eigenvalue weighted by Crippen LogP contribution is -2.30. The Hall–Kier alpha value is -1.66. The van der Waals surface area contributed by atoms with Crippen molar-refractivity contribution in [2.75, 3.05) is 45.4 Å². The number of carbonyl (C=O) groups excluding carboxylic acids is 1. The molecule has 0 aliphatic heterocycles. The molecule has 100 valence electrons. The van der Waals surface area contributed by atoms with E-state index in [-0.39, 0.29) is 12.3 Å². The Balaban J connectivity index is 2.86. The number of nitrogens with zero attached hydrogens (tertiary/aromatic N) is 2. The topological polar surface area (TPSA) is 71.9 Å². The third kappa shape index (κ3) is 3.97. The molecule has 0 aromatic carbocycles. The van der Waals surface area contributed by atoms with E-state index in [4.69, 9.17) is 9.84 Å². The van der Waals surface area contributed by atoms with Crippen LogP contribution in [0, 0.1) is 0 Å². The van der Waals surface area contributed by atoms with Crippen LogP contribution in [-0.2, 0) is 9.47 Å². The van der Waals surface area contributed by atoms with Crippen LogP contribution in [0.2, 0.25) is 0 Å². The molecule has 0 spiro atoms. The molecule has 0 unspecified atom stereocenters. The van der Waals surface area contributed by atoms with Crippen LogP contribution >= 0.6 is 0 Å². The first-order chi connectivity index (χ1) is 8.72. The fourth-order valence-electron chi connectivity index (χ4n) is 1.52. The first kappa shape index (κ1) is 14.4. The van der Waals surface area contributed by atoms with Crippen LogP contribution in [0.4, 0.5) is 5.69 Å². The summed E-state index contributed by atoms with van der Waals surface area (Å²) < 4.78 is 9.63. The average molecular weight is 254 g/mol. The smallest absolute Gasteiger partial charge is 0.356 e. The average Bonchev–Trinajstić information content (AvgIpc) is 2.42. The Kier molecular flexibility index (Phi) is 6.10. The molecule has 0 aliphatic rings. The lowest BCUT2D eigenvalue weighted by Gasteiger charge is -2.23. The van der Waals surface area contributed by atoms with Gasteiger partial charge in [0.15, 0.2) is 0 Å². The van der Waals surface area contributed by atoms with Gasteiger partial charge in [-0.15, -0.1) is 0 Å². The molecular formula is C12H18N2O4. The monoisotopic (exact) mass is 254 g/mol. The number of hydrogen-bond donors (Lipinski definition) is 1. The number of aliphatic hydroxyl groups is 1. The van der Waals surface area contributed by atoms with Gasteiger partial charge in [-0.05, 0) is 12.1 Å². The number of esters is 1. The third-order valence-corrected chi connectivity index (χ3v) is 2.44. The molecule has 1 rings (SSSR count). The van der Waals surface area contributed by atoms with Crippen LogP contribution in [-0.4, -0.2) is 56.6 Å². The maximum Gasteiger partial charge on any atom is 0.356 e. The highest BCUT2D eigenvalue weighted by Gasteiger charge is 2.11. The molecule has 6 nitrogen and oxygen atoms in total. The van der Waals surface area contributed by atoms with E-state index < -0.39 is 5.97 Å². The fourth-order valence-corrected chi connectivity index (χ4v) is 1.52. The molecule has 18 heavy (non-hydrogen) atoms. The van der Waals surface area contributed by atoms with Crippen molar-refractivity contribution >= 4 is 11.7 Å². The van der Waals surface area contributed by atoms with Gasteiger partial charge < -0.3 is 19.5 Å². The van der Waals surface area contributed by atoms with Gasteiger partial charge in [0.05, 0.1) is 20.3 Å². The molecule has 0 saturated heterocycles. The van der Waals surface area contributed by atoms with Crippen LogP contribution in [0.25, 0.3) is 0 Å². The minimum atomic E-state index is -0.479. The number of pyridine rings is 1. The van der Waals surface area contributed by atoms with Crippen molar-refractivity contribution in [3.8, 4) is 0 Å². The van der Waals surface area contributed by atoms with Crippen molar-refractivity contribution in [2.24, 2.45) is 0 Å². The van der Waals surface area contributed by atoms with Gasteiger partial charge in [-0.1, -0.05) is 0 Å². The molecule has 1 heterocycles. The summed E-state index contributed by atoms with van der Waals surface area (Å²) in [6.45, 7) is 1.66. The number of anilines is 1. The predicted octanol–water partition coefficient (Wildman–Crippen LogP) is 0.313. The van der Waals surface area contributed by atoms with Gasteiger partial charge in [0.2, 0.25) is 0 Å². The first-order valence-electron chi connectivity index (χ1n) is 5.62. The maximum atomic E-state index is 11.4. The van der Waals surface area contributed by atoms with E-state index in [9.17, 15) is 4.79 Å². The van der Waals surface area contributed by atoms with Gasteiger partial charge in [-0.3, -0.25) is 0 Å². The number of hydrogen-bond acceptors (Lipinski definition) is 6. The van der Waals surface area contributed by atoms with Crippen molar-refractivity contribution in [3.63, 3.8) is 0 Å². The van der Waals surface area contributed by atoms with Gasteiger partial charge in [0.1, 0.15) is 5.69 Å². The minimum absolute atomic E-state index is 0.0274. The highest BCUT2D eigenvalue weighted by atomic mass is 16.5. The number of rotatable bonds is 7. The fraction of sp³-hybridized carbons (Fsp3) is 0.500. The van der Waals surface area contributed by atoms with Gasteiger partial charge in [0.25, 0.3) is 0 Å². The summed E-state index contributed by atoms with van der Waals surface area (Å²) in [6.07, 6.45) is 1.54. The second-order valence-corrected chi connectivity index (χ2v) is 3.59. The highest BCUT2D eigenvalue weighted by Crippen LogP contribution is 2.14. The zero-order valence-corrected chi connectivity index (χ0v) is 10.6. The Morgan fingerprint density at radius 2 is 2.22 bits per heavy atom. The van der Waals surface area contributed by atoms with Crippen molar-refractivity contribution < 1.29 is 19.4 Å². The summed E-state index contributed by atoms with van der Waals surface area (Å²) in [5.74, 6) is -0.479. The van der Waals surface area contributed by atoms with Gasteiger partial charge in [-0.25, -0.2) is 9.78 Å². The summed E-state index contributed by atoms with van der Waals surface area (Å²) in [6, 6.07) is 3.41. The van der Waals surface area contributed by atoms with Crippen LogP contribution < -0.4 is 4.90 Å². The molecule has 6 heteroatoms. The molecule has 0 saturated carbocycles. The van der Waals surface area contributed by atoms with E-state index in [1.165, 1.54) is 7.11 Å². The summed E-state index contributed by atoms with van der Waals surface area (Å²) >= 11 is 0. The molecule has 1 N–H and O–H groups in total. The molecule has 0 aliphatic carbocycles. The van der Waals surface area contributed by atoms with Crippen molar-refractivity contribution in [3.05, 3.63) is 24.0 Å². The van der Waals surface area contributed by atoms with Gasteiger partial charge in [0, 0.05) is 32.1 Å². The van der Waals surface area contributed by atoms with Crippen molar-refractivity contribution in [2.45, 2.75) is 0 Å².